The minimum Gasteiger partial charge on any atom is -0.392 e. The second kappa shape index (κ2) is 4.91. The Morgan fingerprint density at radius 2 is 1.92 bits per heavy atom. The molecule has 0 aliphatic carbocycles. The molecule has 3 nitrogen and oxygen atoms in total. The molecule has 0 aliphatic heterocycles. The van der Waals surface area contributed by atoms with Crippen LogP contribution in [0.25, 0.3) is 0 Å². The quantitative estimate of drug-likeness (QED) is 0.588. The maximum absolute atomic E-state index is 12.4. The van der Waals surface area contributed by atoms with Crippen LogP contribution in [0.4, 0.5) is 4.39 Å². The van der Waals surface area contributed by atoms with Gasteiger partial charge in [0.05, 0.1) is 6.61 Å². The van der Waals surface area contributed by atoms with Gasteiger partial charge in [-0.1, -0.05) is 12.1 Å². The van der Waals surface area contributed by atoms with Gasteiger partial charge >= 0.3 is 0 Å². The number of halogens is 1. The van der Waals surface area contributed by atoms with Gasteiger partial charge in [0.2, 0.25) is 0 Å². The number of hydrogen-bond acceptors (Lipinski definition) is 3. The smallest absolute Gasteiger partial charge is 0.128 e. The maximum Gasteiger partial charge on any atom is 0.128 e. The molecule has 1 aromatic rings. The SMILES string of the molecule is OCC(O)NCc1ccc(F)cc1. The predicted molar refractivity (Wildman–Crippen MR) is 46.3 cm³/mol. The highest BCUT2D eigenvalue weighted by Crippen LogP contribution is 2.01. The van der Waals surface area contributed by atoms with Crippen LogP contribution in [0.3, 0.4) is 0 Å². The Labute approximate surface area is 75.8 Å². The lowest BCUT2D eigenvalue weighted by Crippen LogP contribution is -2.31. The van der Waals surface area contributed by atoms with E-state index in [1.165, 1.54) is 12.1 Å². The lowest BCUT2D eigenvalue weighted by atomic mass is 10.2. The minimum absolute atomic E-state index is 0.286. The topological polar surface area (TPSA) is 52.5 Å². The van der Waals surface area contributed by atoms with Gasteiger partial charge in [-0.15, -0.1) is 0 Å². The Bertz CT molecular complexity index is 250. The van der Waals surface area contributed by atoms with Crippen LogP contribution in [-0.4, -0.2) is 23.0 Å². The zero-order chi connectivity index (χ0) is 9.68. The molecule has 0 radical (unpaired) electrons. The van der Waals surface area contributed by atoms with Crippen LogP contribution in [0.15, 0.2) is 24.3 Å². The summed E-state index contributed by atoms with van der Waals surface area (Å²) >= 11 is 0. The fourth-order valence-electron chi connectivity index (χ4n) is 0.902. The highest BCUT2D eigenvalue weighted by atomic mass is 19.1. The monoisotopic (exact) mass is 185 g/mol. The average molecular weight is 185 g/mol. The van der Waals surface area contributed by atoms with Crippen LogP contribution < -0.4 is 5.32 Å². The zero-order valence-corrected chi connectivity index (χ0v) is 7.07. The summed E-state index contributed by atoms with van der Waals surface area (Å²) in [4.78, 5) is 0. The fraction of sp³-hybridized carbons (Fsp3) is 0.333. The summed E-state index contributed by atoms with van der Waals surface area (Å²) in [6, 6.07) is 5.93. The molecule has 1 rings (SSSR count). The number of aliphatic hydroxyl groups is 2. The number of rotatable bonds is 4. The van der Waals surface area contributed by atoms with Gasteiger partial charge in [0.25, 0.3) is 0 Å². The molecular formula is C9H12FNO2. The molecule has 0 heterocycles. The second-order valence-corrected chi connectivity index (χ2v) is 2.71. The van der Waals surface area contributed by atoms with Gasteiger partial charge in [0, 0.05) is 6.54 Å². The first-order chi connectivity index (χ1) is 6.22. The molecule has 0 saturated heterocycles. The lowest BCUT2D eigenvalue weighted by molar-refractivity contribution is 0.0666. The number of nitrogens with one attached hydrogen (secondary N) is 1. The first kappa shape index (κ1) is 10.1. The highest BCUT2D eigenvalue weighted by molar-refractivity contribution is 5.15. The fourth-order valence-corrected chi connectivity index (χ4v) is 0.902. The van der Waals surface area contributed by atoms with Gasteiger partial charge in [-0.2, -0.15) is 0 Å². The Hall–Kier alpha value is -0.970. The third-order valence-electron chi connectivity index (χ3n) is 1.63. The van der Waals surface area contributed by atoms with Crippen LogP contribution in [0.5, 0.6) is 0 Å². The molecule has 0 aliphatic rings. The Morgan fingerprint density at radius 1 is 1.31 bits per heavy atom. The van der Waals surface area contributed by atoms with Gasteiger partial charge in [-0.05, 0) is 17.7 Å². The first-order valence-electron chi connectivity index (χ1n) is 3.99. The van der Waals surface area contributed by atoms with Crippen LogP contribution in [0.2, 0.25) is 0 Å². The molecule has 1 atom stereocenters. The Balaban J connectivity index is 2.41. The molecule has 4 heteroatoms. The lowest BCUT2D eigenvalue weighted by Gasteiger charge is -2.09. The molecule has 0 fully saturated rings. The van der Waals surface area contributed by atoms with E-state index in [1.54, 1.807) is 12.1 Å². The van der Waals surface area contributed by atoms with Crippen molar-refractivity contribution in [3.05, 3.63) is 35.6 Å². The van der Waals surface area contributed by atoms with E-state index in [2.05, 4.69) is 5.32 Å². The molecule has 13 heavy (non-hydrogen) atoms. The van der Waals surface area contributed by atoms with E-state index in [0.717, 1.165) is 5.56 Å². The molecule has 1 unspecified atom stereocenters. The summed E-state index contributed by atoms with van der Waals surface area (Å²) in [5.41, 5.74) is 0.855. The molecule has 0 amide bonds. The summed E-state index contributed by atoms with van der Waals surface area (Å²) < 4.78 is 12.4. The van der Waals surface area contributed by atoms with Crippen molar-refractivity contribution in [1.82, 2.24) is 5.32 Å². The van der Waals surface area contributed by atoms with E-state index in [1.807, 2.05) is 0 Å². The molecular weight excluding hydrogens is 173 g/mol. The van der Waals surface area contributed by atoms with E-state index in [9.17, 15) is 4.39 Å². The van der Waals surface area contributed by atoms with Gasteiger partial charge in [0.1, 0.15) is 12.0 Å². The number of benzene rings is 1. The van der Waals surface area contributed by atoms with E-state index < -0.39 is 6.23 Å². The molecule has 0 spiro atoms. The summed E-state index contributed by atoms with van der Waals surface area (Å²) in [5.74, 6) is -0.286. The molecule has 72 valence electrons. The van der Waals surface area contributed by atoms with E-state index in [4.69, 9.17) is 10.2 Å². The molecule has 0 bridgehead atoms. The van der Waals surface area contributed by atoms with Crippen LogP contribution in [-0.2, 0) is 6.54 Å². The van der Waals surface area contributed by atoms with Crippen molar-refractivity contribution in [2.45, 2.75) is 12.8 Å². The van der Waals surface area contributed by atoms with Crippen molar-refractivity contribution in [1.29, 1.82) is 0 Å². The van der Waals surface area contributed by atoms with Crippen molar-refractivity contribution in [3.63, 3.8) is 0 Å². The van der Waals surface area contributed by atoms with Gasteiger partial charge in [0.15, 0.2) is 0 Å². The molecule has 0 aromatic heterocycles. The molecule has 1 aromatic carbocycles. The maximum atomic E-state index is 12.4. The van der Waals surface area contributed by atoms with Crippen molar-refractivity contribution < 1.29 is 14.6 Å². The van der Waals surface area contributed by atoms with Crippen molar-refractivity contribution in [3.8, 4) is 0 Å². The number of hydrogen-bond donors (Lipinski definition) is 3. The van der Waals surface area contributed by atoms with Gasteiger partial charge in [-0.3, -0.25) is 5.32 Å². The highest BCUT2D eigenvalue weighted by Gasteiger charge is 1.99. The van der Waals surface area contributed by atoms with Crippen LogP contribution in [0.1, 0.15) is 5.56 Å². The Morgan fingerprint density at radius 3 is 2.46 bits per heavy atom. The van der Waals surface area contributed by atoms with Crippen LogP contribution in [0, 0.1) is 5.82 Å². The predicted octanol–water partition coefficient (Wildman–Crippen LogP) is 0.226. The van der Waals surface area contributed by atoms with E-state index in [0.29, 0.717) is 6.54 Å². The Kier molecular flexibility index (Phi) is 3.82. The molecule has 0 saturated carbocycles. The third-order valence-corrected chi connectivity index (χ3v) is 1.63. The summed E-state index contributed by atoms with van der Waals surface area (Å²) in [6.07, 6.45) is -0.926. The van der Waals surface area contributed by atoms with Gasteiger partial charge < -0.3 is 10.2 Å². The molecule has 3 N–H and O–H groups in total. The minimum atomic E-state index is -0.926. The van der Waals surface area contributed by atoms with Crippen molar-refractivity contribution in [2.24, 2.45) is 0 Å². The van der Waals surface area contributed by atoms with E-state index >= 15 is 0 Å². The van der Waals surface area contributed by atoms with Gasteiger partial charge in [-0.25, -0.2) is 4.39 Å². The summed E-state index contributed by atoms with van der Waals surface area (Å²) in [7, 11) is 0. The van der Waals surface area contributed by atoms with Crippen molar-refractivity contribution >= 4 is 0 Å². The summed E-state index contributed by atoms with van der Waals surface area (Å²) in [5, 5.41) is 20.1. The standard InChI is InChI=1S/C9H12FNO2/c10-8-3-1-7(2-4-8)5-11-9(13)6-12/h1-4,9,11-13H,5-6H2. The van der Waals surface area contributed by atoms with Crippen LogP contribution >= 0.6 is 0 Å². The summed E-state index contributed by atoms with van der Waals surface area (Å²) in [6.45, 7) is 0.0726. The van der Waals surface area contributed by atoms with Crippen molar-refractivity contribution in [2.75, 3.05) is 6.61 Å². The number of aliphatic hydroxyl groups excluding tert-OH is 2. The average Bonchev–Trinajstić information content (AvgIpc) is 2.16. The first-order valence-corrected chi connectivity index (χ1v) is 3.99. The largest absolute Gasteiger partial charge is 0.392 e. The third kappa shape index (κ3) is 3.50. The normalized spacial score (nSPS) is 12.8. The van der Waals surface area contributed by atoms with E-state index in [-0.39, 0.29) is 12.4 Å². The second-order valence-electron chi connectivity index (χ2n) is 2.71. The zero-order valence-electron chi connectivity index (χ0n) is 7.07.